The van der Waals surface area contributed by atoms with Crippen LogP contribution in [0.15, 0.2) is 0 Å². The number of aliphatic carboxylic acids is 1. The minimum atomic E-state index is -0.899. The third-order valence-electron chi connectivity index (χ3n) is 3.51. The van der Waals surface area contributed by atoms with Crippen molar-refractivity contribution in [2.24, 2.45) is 11.7 Å². The number of ether oxygens (including phenoxy) is 1. The first kappa shape index (κ1) is 13.6. The van der Waals surface area contributed by atoms with E-state index < -0.39 is 23.8 Å². The van der Waals surface area contributed by atoms with Crippen LogP contribution < -0.4 is 5.73 Å². The number of hydrogen-bond donors (Lipinski definition) is 2. The van der Waals surface area contributed by atoms with E-state index in [9.17, 15) is 14.4 Å². The first-order chi connectivity index (χ1) is 9.00. The molecule has 0 spiro atoms. The van der Waals surface area contributed by atoms with Crippen LogP contribution in [0.3, 0.4) is 0 Å². The first-order valence-electron chi connectivity index (χ1n) is 6.16. The van der Waals surface area contributed by atoms with E-state index in [1.165, 1.54) is 9.80 Å². The van der Waals surface area contributed by atoms with Gasteiger partial charge in [0.1, 0.15) is 6.04 Å². The largest absolute Gasteiger partial charge is 0.481 e. The second-order valence-electron chi connectivity index (χ2n) is 4.74. The standard InChI is InChI=1S/C11H17N3O5/c12-9(15)8-6-19-4-3-14(8)11(18)13-2-1-7(5-13)10(16)17/h7-8H,1-6H2,(H2,12,15)(H,16,17). The Hall–Kier alpha value is -1.83. The maximum atomic E-state index is 12.3. The number of carbonyl (C=O) groups excluding carboxylic acids is 2. The van der Waals surface area contributed by atoms with Gasteiger partial charge in [-0.3, -0.25) is 9.59 Å². The van der Waals surface area contributed by atoms with Crippen molar-refractivity contribution < 1.29 is 24.2 Å². The van der Waals surface area contributed by atoms with Crippen LogP contribution in [-0.2, 0) is 14.3 Å². The van der Waals surface area contributed by atoms with Crippen LogP contribution in [0.1, 0.15) is 6.42 Å². The fraction of sp³-hybridized carbons (Fsp3) is 0.727. The molecule has 2 atom stereocenters. The van der Waals surface area contributed by atoms with Crippen LogP contribution >= 0.6 is 0 Å². The molecule has 8 heteroatoms. The third kappa shape index (κ3) is 2.78. The molecule has 0 aromatic heterocycles. The van der Waals surface area contributed by atoms with Crippen molar-refractivity contribution in [2.45, 2.75) is 12.5 Å². The highest BCUT2D eigenvalue weighted by Crippen LogP contribution is 2.19. The fourth-order valence-corrected chi connectivity index (χ4v) is 2.39. The summed E-state index contributed by atoms with van der Waals surface area (Å²) in [4.78, 5) is 37.3. The highest BCUT2D eigenvalue weighted by atomic mass is 16.5. The van der Waals surface area contributed by atoms with Crippen LogP contribution in [0.4, 0.5) is 4.79 Å². The van der Waals surface area contributed by atoms with Gasteiger partial charge in [0.25, 0.3) is 0 Å². The number of nitrogens with zero attached hydrogens (tertiary/aromatic N) is 2. The van der Waals surface area contributed by atoms with Crippen molar-refractivity contribution >= 4 is 17.9 Å². The van der Waals surface area contributed by atoms with Gasteiger partial charge in [0.05, 0.1) is 19.1 Å². The Kier molecular flexibility index (Phi) is 3.89. The Labute approximate surface area is 110 Å². The van der Waals surface area contributed by atoms with Gasteiger partial charge >= 0.3 is 12.0 Å². The average molecular weight is 271 g/mol. The van der Waals surface area contributed by atoms with Gasteiger partial charge < -0.3 is 25.4 Å². The molecule has 2 heterocycles. The molecule has 19 heavy (non-hydrogen) atoms. The number of carboxylic acid groups (broad SMARTS) is 1. The van der Waals surface area contributed by atoms with E-state index in [1.54, 1.807) is 0 Å². The number of likely N-dealkylation sites (tertiary alicyclic amines) is 1. The maximum absolute atomic E-state index is 12.3. The number of urea groups is 1. The zero-order chi connectivity index (χ0) is 14.0. The van der Waals surface area contributed by atoms with E-state index in [0.29, 0.717) is 26.1 Å². The second kappa shape index (κ2) is 5.43. The highest BCUT2D eigenvalue weighted by molar-refractivity contribution is 5.86. The number of hydrogen-bond acceptors (Lipinski definition) is 4. The van der Waals surface area contributed by atoms with Crippen molar-refractivity contribution in [1.82, 2.24) is 9.80 Å². The number of nitrogens with two attached hydrogens (primary N) is 1. The Bertz CT molecular complexity index is 400. The fourth-order valence-electron chi connectivity index (χ4n) is 2.39. The van der Waals surface area contributed by atoms with Gasteiger partial charge in [0.2, 0.25) is 5.91 Å². The molecule has 2 saturated heterocycles. The second-order valence-corrected chi connectivity index (χ2v) is 4.74. The number of carbonyl (C=O) groups is 3. The Balaban J connectivity index is 2.02. The van der Waals surface area contributed by atoms with Gasteiger partial charge in [-0.25, -0.2) is 4.79 Å². The van der Waals surface area contributed by atoms with Crippen molar-refractivity contribution in [1.29, 1.82) is 0 Å². The SMILES string of the molecule is NC(=O)C1COCCN1C(=O)N1CCC(C(=O)O)C1. The molecule has 0 aliphatic carbocycles. The summed E-state index contributed by atoms with van der Waals surface area (Å²) < 4.78 is 5.14. The Morgan fingerprint density at radius 3 is 2.58 bits per heavy atom. The lowest BCUT2D eigenvalue weighted by atomic mass is 10.1. The molecule has 106 valence electrons. The van der Waals surface area contributed by atoms with Crippen molar-refractivity contribution in [3.8, 4) is 0 Å². The molecule has 3 N–H and O–H groups in total. The third-order valence-corrected chi connectivity index (χ3v) is 3.51. The van der Waals surface area contributed by atoms with E-state index >= 15 is 0 Å². The summed E-state index contributed by atoms with van der Waals surface area (Å²) in [5.41, 5.74) is 5.24. The van der Waals surface area contributed by atoms with E-state index in [-0.39, 0.29) is 19.2 Å². The van der Waals surface area contributed by atoms with Crippen LogP contribution in [-0.4, -0.2) is 71.7 Å². The summed E-state index contributed by atoms with van der Waals surface area (Å²) in [5, 5.41) is 8.92. The van der Waals surface area contributed by atoms with Gasteiger partial charge in [-0.2, -0.15) is 0 Å². The summed E-state index contributed by atoms with van der Waals surface area (Å²) in [6.45, 7) is 1.30. The first-order valence-corrected chi connectivity index (χ1v) is 6.16. The van der Waals surface area contributed by atoms with Gasteiger partial charge in [-0.1, -0.05) is 0 Å². The predicted molar refractivity (Wildman–Crippen MR) is 63.2 cm³/mol. The average Bonchev–Trinajstić information content (AvgIpc) is 2.87. The number of amides is 3. The summed E-state index contributed by atoms with van der Waals surface area (Å²) in [6.07, 6.45) is 0.437. The maximum Gasteiger partial charge on any atom is 0.320 e. The predicted octanol–water partition coefficient (Wildman–Crippen LogP) is -1.30. The molecule has 2 rings (SSSR count). The quantitative estimate of drug-likeness (QED) is 0.648. The van der Waals surface area contributed by atoms with E-state index in [0.717, 1.165) is 0 Å². The Morgan fingerprint density at radius 2 is 2.00 bits per heavy atom. The molecule has 0 bridgehead atoms. The minimum absolute atomic E-state index is 0.0945. The van der Waals surface area contributed by atoms with Crippen LogP contribution in [0.25, 0.3) is 0 Å². The normalized spacial score (nSPS) is 27.4. The van der Waals surface area contributed by atoms with Gasteiger partial charge in [-0.15, -0.1) is 0 Å². The summed E-state index contributed by atoms with van der Waals surface area (Å²) in [6, 6.07) is -1.11. The Morgan fingerprint density at radius 1 is 1.26 bits per heavy atom. The molecule has 0 radical (unpaired) electrons. The highest BCUT2D eigenvalue weighted by Gasteiger charge is 2.38. The minimum Gasteiger partial charge on any atom is -0.481 e. The molecule has 2 aliphatic heterocycles. The van der Waals surface area contributed by atoms with Crippen molar-refractivity contribution in [3.63, 3.8) is 0 Å². The topological polar surface area (TPSA) is 113 Å². The summed E-state index contributed by atoms with van der Waals surface area (Å²) in [7, 11) is 0. The lowest BCUT2D eigenvalue weighted by molar-refractivity contribution is -0.141. The molecule has 3 amide bonds. The molecule has 2 fully saturated rings. The van der Waals surface area contributed by atoms with Crippen molar-refractivity contribution in [3.05, 3.63) is 0 Å². The smallest absolute Gasteiger partial charge is 0.320 e. The van der Waals surface area contributed by atoms with Crippen LogP contribution in [0, 0.1) is 5.92 Å². The lowest BCUT2D eigenvalue weighted by Gasteiger charge is -2.36. The monoisotopic (exact) mass is 271 g/mol. The molecule has 2 unspecified atom stereocenters. The summed E-state index contributed by atoms with van der Waals surface area (Å²) >= 11 is 0. The molecule has 0 saturated carbocycles. The molecule has 0 aromatic rings. The van der Waals surface area contributed by atoms with Crippen molar-refractivity contribution in [2.75, 3.05) is 32.8 Å². The van der Waals surface area contributed by atoms with Gasteiger partial charge in [0, 0.05) is 19.6 Å². The molecular weight excluding hydrogens is 254 g/mol. The number of morpholine rings is 1. The van der Waals surface area contributed by atoms with Gasteiger partial charge in [0.15, 0.2) is 0 Å². The number of primary amides is 1. The van der Waals surface area contributed by atoms with E-state index in [4.69, 9.17) is 15.6 Å². The number of carboxylic acids is 1. The zero-order valence-corrected chi connectivity index (χ0v) is 10.4. The van der Waals surface area contributed by atoms with Gasteiger partial charge in [-0.05, 0) is 6.42 Å². The van der Waals surface area contributed by atoms with E-state index in [1.807, 2.05) is 0 Å². The van der Waals surface area contributed by atoms with Crippen LogP contribution in [0.2, 0.25) is 0 Å². The molecule has 0 aromatic carbocycles. The summed E-state index contributed by atoms with van der Waals surface area (Å²) in [5.74, 6) is -2.04. The molecule has 2 aliphatic rings. The lowest BCUT2D eigenvalue weighted by Crippen LogP contribution is -2.57. The molecule has 8 nitrogen and oxygen atoms in total. The van der Waals surface area contributed by atoms with Crippen LogP contribution in [0.5, 0.6) is 0 Å². The van der Waals surface area contributed by atoms with E-state index in [2.05, 4.69) is 0 Å². The molecular formula is C11H17N3O5. The number of rotatable bonds is 2. The zero-order valence-electron chi connectivity index (χ0n) is 10.4.